The van der Waals surface area contributed by atoms with Crippen molar-refractivity contribution in [2.45, 2.75) is 12.6 Å². The Balaban J connectivity index is 2.13. The fourth-order valence-electron chi connectivity index (χ4n) is 1.55. The summed E-state index contributed by atoms with van der Waals surface area (Å²) in [5.41, 5.74) is 7.08. The van der Waals surface area contributed by atoms with Gasteiger partial charge in [-0.2, -0.15) is 18.3 Å². The molecule has 0 radical (unpaired) electrons. The molecule has 0 bridgehead atoms. The molecule has 5 nitrogen and oxygen atoms in total. The number of pyridine rings is 1. The van der Waals surface area contributed by atoms with Gasteiger partial charge in [-0.25, -0.2) is 4.98 Å². The van der Waals surface area contributed by atoms with Crippen LogP contribution in [0.15, 0.2) is 24.4 Å². The number of rotatable bonds is 4. The molecule has 2 aromatic rings. The molecular weight excluding hydrogens is 273 g/mol. The molecule has 0 spiro atoms. The number of ether oxygens (including phenoxy) is 1. The second kappa shape index (κ2) is 5.40. The van der Waals surface area contributed by atoms with Gasteiger partial charge in [-0.1, -0.05) is 0 Å². The first-order valence-electron chi connectivity index (χ1n) is 5.81. The van der Waals surface area contributed by atoms with Crippen LogP contribution >= 0.6 is 0 Å². The highest BCUT2D eigenvalue weighted by atomic mass is 19.4. The van der Waals surface area contributed by atoms with E-state index in [1.54, 1.807) is 24.0 Å². The summed E-state index contributed by atoms with van der Waals surface area (Å²) in [5.74, 6) is 0.0871. The monoisotopic (exact) mass is 286 g/mol. The SMILES string of the molecule is Cn1ccc(-c2nc(OCCC(F)(F)F)ccc2N)n1. The van der Waals surface area contributed by atoms with Crippen LogP contribution in [0.1, 0.15) is 6.42 Å². The van der Waals surface area contributed by atoms with Gasteiger partial charge in [0.05, 0.1) is 18.7 Å². The van der Waals surface area contributed by atoms with Crippen molar-refractivity contribution in [1.82, 2.24) is 14.8 Å². The molecule has 2 heterocycles. The van der Waals surface area contributed by atoms with Crippen molar-refractivity contribution in [3.63, 3.8) is 0 Å². The van der Waals surface area contributed by atoms with Crippen LogP contribution < -0.4 is 10.5 Å². The summed E-state index contributed by atoms with van der Waals surface area (Å²) in [6.07, 6.45) is -3.57. The first kappa shape index (κ1) is 14.2. The molecule has 2 N–H and O–H groups in total. The molecule has 0 aliphatic rings. The van der Waals surface area contributed by atoms with Gasteiger partial charge in [0.2, 0.25) is 5.88 Å². The second-order valence-electron chi connectivity index (χ2n) is 4.18. The molecule has 108 valence electrons. The number of aromatic nitrogens is 3. The van der Waals surface area contributed by atoms with E-state index in [2.05, 4.69) is 10.1 Å². The van der Waals surface area contributed by atoms with Crippen LogP contribution in [0.2, 0.25) is 0 Å². The molecule has 0 aliphatic carbocycles. The highest BCUT2D eigenvalue weighted by molar-refractivity contribution is 5.69. The predicted octanol–water partition coefficient (Wildman–Crippen LogP) is 2.40. The van der Waals surface area contributed by atoms with Crippen LogP contribution in [0.4, 0.5) is 18.9 Å². The Hall–Kier alpha value is -2.25. The predicted molar refractivity (Wildman–Crippen MR) is 67.0 cm³/mol. The number of anilines is 1. The number of nitrogens with zero attached hydrogens (tertiary/aromatic N) is 3. The van der Waals surface area contributed by atoms with Gasteiger partial charge in [0.1, 0.15) is 11.4 Å². The number of nitrogen functional groups attached to an aromatic ring is 1. The molecule has 0 aliphatic heterocycles. The summed E-state index contributed by atoms with van der Waals surface area (Å²) in [6.45, 7) is -0.484. The van der Waals surface area contributed by atoms with Gasteiger partial charge < -0.3 is 10.5 Å². The van der Waals surface area contributed by atoms with E-state index in [0.29, 0.717) is 17.1 Å². The third-order valence-corrected chi connectivity index (χ3v) is 2.49. The topological polar surface area (TPSA) is 66.0 Å². The minimum absolute atomic E-state index is 0.0871. The van der Waals surface area contributed by atoms with E-state index < -0.39 is 19.2 Å². The van der Waals surface area contributed by atoms with Gasteiger partial charge in [-0.3, -0.25) is 4.68 Å². The van der Waals surface area contributed by atoms with Crippen molar-refractivity contribution in [2.75, 3.05) is 12.3 Å². The van der Waals surface area contributed by atoms with Gasteiger partial charge in [0.15, 0.2) is 0 Å². The summed E-state index contributed by atoms with van der Waals surface area (Å²) >= 11 is 0. The van der Waals surface area contributed by atoms with E-state index in [1.807, 2.05) is 0 Å². The molecule has 0 atom stereocenters. The summed E-state index contributed by atoms with van der Waals surface area (Å²) in [7, 11) is 1.74. The van der Waals surface area contributed by atoms with Gasteiger partial charge in [-0.05, 0) is 12.1 Å². The first-order valence-corrected chi connectivity index (χ1v) is 5.81. The molecule has 8 heteroatoms. The lowest BCUT2D eigenvalue weighted by atomic mass is 10.2. The fourth-order valence-corrected chi connectivity index (χ4v) is 1.55. The first-order chi connectivity index (χ1) is 9.35. The summed E-state index contributed by atoms with van der Waals surface area (Å²) < 4.78 is 42.7. The van der Waals surface area contributed by atoms with Crippen molar-refractivity contribution in [3.05, 3.63) is 24.4 Å². The number of hydrogen-bond donors (Lipinski definition) is 1. The van der Waals surface area contributed by atoms with Crippen LogP contribution in [-0.2, 0) is 7.05 Å². The number of nitrogens with two attached hydrogens (primary N) is 1. The quantitative estimate of drug-likeness (QED) is 0.937. The highest BCUT2D eigenvalue weighted by Gasteiger charge is 2.27. The minimum Gasteiger partial charge on any atom is -0.477 e. The minimum atomic E-state index is -4.25. The maximum absolute atomic E-state index is 12.0. The van der Waals surface area contributed by atoms with E-state index in [-0.39, 0.29) is 5.88 Å². The van der Waals surface area contributed by atoms with Crippen LogP contribution in [0.5, 0.6) is 5.88 Å². The molecule has 2 aromatic heterocycles. The second-order valence-corrected chi connectivity index (χ2v) is 4.18. The zero-order valence-electron chi connectivity index (χ0n) is 10.7. The van der Waals surface area contributed by atoms with Crippen LogP contribution in [0.3, 0.4) is 0 Å². The van der Waals surface area contributed by atoms with E-state index in [0.717, 1.165) is 0 Å². The van der Waals surface area contributed by atoms with Gasteiger partial charge in [-0.15, -0.1) is 0 Å². The van der Waals surface area contributed by atoms with Crippen LogP contribution in [-0.4, -0.2) is 27.5 Å². The molecule has 20 heavy (non-hydrogen) atoms. The lowest BCUT2D eigenvalue weighted by molar-refractivity contribution is -0.139. The van der Waals surface area contributed by atoms with Crippen molar-refractivity contribution in [1.29, 1.82) is 0 Å². The van der Waals surface area contributed by atoms with Crippen LogP contribution in [0, 0.1) is 0 Å². The molecule has 0 saturated heterocycles. The van der Waals surface area contributed by atoms with Crippen molar-refractivity contribution in [2.24, 2.45) is 7.05 Å². The molecule has 0 saturated carbocycles. The standard InChI is InChI=1S/C12H13F3N4O/c1-19-6-4-9(18-19)11-8(16)2-3-10(17-11)20-7-5-12(13,14)15/h2-4,6H,5,7,16H2,1H3. The summed E-state index contributed by atoms with van der Waals surface area (Å²) in [6, 6.07) is 4.66. The Morgan fingerprint density at radius 2 is 2.05 bits per heavy atom. The van der Waals surface area contributed by atoms with E-state index in [9.17, 15) is 13.2 Å². The number of aryl methyl sites for hydroxylation is 1. The third-order valence-electron chi connectivity index (χ3n) is 2.49. The maximum Gasteiger partial charge on any atom is 0.392 e. The molecule has 0 amide bonds. The Morgan fingerprint density at radius 3 is 2.65 bits per heavy atom. The molecular formula is C12H13F3N4O. The van der Waals surface area contributed by atoms with Crippen molar-refractivity contribution >= 4 is 5.69 Å². The van der Waals surface area contributed by atoms with Gasteiger partial charge >= 0.3 is 6.18 Å². The fraction of sp³-hybridized carbons (Fsp3) is 0.333. The molecule has 0 unspecified atom stereocenters. The van der Waals surface area contributed by atoms with Crippen molar-refractivity contribution < 1.29 is 17.9 Å². The Labute approximate surface area is 113 Å². The Morgan fingerprint density at radius 1 is 1.30 bits per heavy atom. The lowest BCUT2D eigenvalue weighted by Crippen LogP contribution is -2.13. The number of alkyl halides is 3. The Bertz CT molecular complexity index is 595. The zero-order valence-corrected chi connectivity index (χ0v) is 10.7. The van der Waals surface area contributed by atoms with E-state index >= 15 is 0 Å². The summed E-state index contributed by atoms with van der Waals surface area (Å²) in [5, 5.41) is 4.14. The number of hydrogen-bond acceptors (Lipinski definition) is 4. The van der Waals surface area contributed by atoms with E-state index in [1.165, 1.54) is 12.1 Å². The molecule has 2 rings (SSSR count). The average molecular weight is 286 g/mol. The summed E-state index contributed by atoms with van der Waals surface area (Å²) in [4.78, 5) is 4.09. The highest BCUT2D eigenvalue weighted by Crippen LogP contribution is 2.25. The largest absolute Gasteiger partial charge is 0.477 e. The van der Waals surface area contributed by atoms with Crippen molar-refractivity contribution in [3.8, 4) is 17.3 Å². The molecule has 0 fully saturated rings. The lowest BCUT2D eigenvalue weighted by Gasteiger charge is -2.09. The van der Waals surface area contributed by atoms with Crippen LogP contribution in [0.25, 0.3) is 11.4 Å². The van der Waals surface area contributed by atoms with Gasteiger partial charge in [0.25, 0.3) is 0 Å². The maximum atomic E-state index is 12.0. The normalized spacial score (nSPS) is 11.6. The van der Waals surface area contributed by atoms with Gasteiger partial charge in [0, 0.05) is 19.3 Å². The Kier molecular flexibility index (Phi) is 3.82. The number of halogens is 3. The third kappa shape index (κ3) is 3.62. The smallest absolute Gasteiger partial charge is 0.392 e. The zero-order chi connectivity index (χ0) is 14.8. The molecule has 0 aromatic carbocycles. The van der Waals surface area contributed by atoms with E-state index in [4.69, 9.17) is 10.5 Å². The average Bonchev–Trinajstić information content (AvgIpc) is 2.76.